The Morgan fingerprint density at radius 3 is 2.15 bits per heavy atom. The van der Waals surface area contributed by atoms with Crippen molar-refractivity contribution in [3.8, 4) is 0 Å². The molecule has 0 heterocycles. The highest BCUT2D eigenvalue weighted by Gasteiger charge is 2.06. The summed E-state index contributed by atoms with van der Waals surface area (Å²) in [6.45, 7) is 5.99. The molecule has 0 aliphatic rings. The number of nitrogens with one attached hydrogen (secondary N) is 1. The van der Waals surface area contributed by atoms with Gasteiger partial charge in [0.25, 0.3) is 10.1 Å². The van der Waals surface area contributed by atoms with Crippen LogP contribution in [0.2, 0.25) is 0 Å². The van der Waals surface area contributed by atoms with Gasteiger partial charge in [-0.2, -0.15) is 8.42 Å². The summed E-state index contributed by atoms with van der Waals surface area (Å²) in [6, 6.07) is 5.99. The highest BCUT2D eigenvalue weighted by molar-refractivity contribution is 7.85. The fourth-order valence-corrected chi connectivity index (χ4v) is 1.68. The van der Waals surface area contributed by atoms with Crippen LogP contribution >= 0.6 is 0 Å². The van der Waals surface area contributed by atoms with E-state index in [0.717, 1.165) is 12.0 Å². The Morgan fingerprint density at radius 2 is 1.80 bits per heavy atom. The average molecular weight is 302 g/mol. The third kappa shape index (κ3) is 8.63. The second-order valence-electron chi connectivity index (χ2n) is 4.79. The Morgan fingerprint density at radius 1 is 1.30 bits per heavy atom. The van der Waals surface area contributed by atoms with Crippen LogP contribution in [0.5, 0.6) is 0 Å². The van der Waals surface area contributed by atoms with E-state index < -0.39 is 10.1 Å². The van der Waals surface area contributed by atoms with Gasteiger partial charge in [0.15, 0.2) is 0 Å². The molecule has 0 fully saturated rings. The molecule has 1 aromatic rings. The van der Waals surface area contributed by atoms with E-state index in [9.17, 15) is 13.2 Å². The maximum Gasteiger partial charge on any atom is 0.294 e. The summed E-state index contributed by atoms with van der Waals surface area (Å²) in [6.07, 6.45) is 1.44. The lowest BCUT2D eigenvalue weighted by molar-refractivity contribution is -0.121. The first-order valence-corrected chi connectivity index (χ1v) is 7.64. The number of rotatable bonds is 4. The van der Waals surface area contributed by atoms with E-state index in [1.165, 1.54) is 12.1 Å². The number of hydrogen-bond acceptors (Lipinski definition) is 4. The molecule has 1 rings (SSSR count). The largest absolute Gasteiger partial charge is 0.294 e. The molecular formula is C13H22N2O4S. The minimum atomic E-state index is -4.02. The molecule has 0 saturated carbocycles. The molecule has 7 heteroatoms. The van der Waals surface area contributed by atoms with Gasteiger partial charge < -0.3 is 0 Å². The van der Waals surface area contributed by atoms with Crippen LogP contribution < -0.4 is 11.3 Å². The number of benzene rings is 1. The van der Waals surface area contributed by atoms with Crippen molar-refractivity contribution in [2.24, 2.45) is 11.8 Å². The molecule has 0 atom stereocenters. The highest BCUT2D eigenvalue weighted by atomic mass is 32.2. The van der Waals surface area contributed by atoms with E-state index in [4.69, 9.17) is 10.4 Å². The Kier molecular flexibility index (Phi) is 8.05. The SMILES string of the molecule is CC(C)CCC(=O)NN.Cc1ccc(S(=O)(=O)O)cc1. The third-order valence-corrected chi connectivity index (χ3v) is 3.30. The predicted octanol–water partition coefficient (Wildman–Crippen LogP) is 1.65. The number of nitrogens with two attached hydrogens (primary N) is 1. The molecule has 0 bridgehead atoms. The fourth-order valence-electron chi connectivity index (χ4n) is 1.20. The van der Waals surface area contributed by atoms with Crippen molar-refractivity contribution in [3.05, 3.63) is 29.8 Å². The second kappa shape index (κ2) is 8.68. The van der Waals surface area contributed by atoms with Crippen molar-refractivity contribution < 1.29 is 17.8 Å². The maximum atomic E-state index is 10.5. The molecule has 0 aliphatic heterocycles. The van der Waals surface area contributed by atoms with Crippen LogP contribution in [0.15, 0.2) is 29.2 Å². The maximum absolute atomic E-state index is 10.5. The third-order valence-electron chi connectivity index (χ3n) is 2.43. The lowest BCUT2D eigenvalue weighted by Crippen LogP contribution is -2.29. The van der Waals surface area contributed by atoms with Crippen LogP contribution in [-0.2, 0) is 14.9 Å². The summed E-state index contributed by atoms with van der Waals surface area (Å²) < 4.78 is 29.6. The number of hydrogen-bond donors (Lipinski definition) is 3. The van der Waals surface area contributed by atoms with E-state index in [1.807, 2.05) is 6.92 Å². The zero-order valence-corrected chi connectivity index (χ0v) is 12.8. The zero-order valence-electron chi connectivity index (χ0n) is 12.0. The van der Waals surface area contributed by atoms with Crippen molar-refractivity contribution in [3.63, 3.8) is 0 Å². The van der Waals surface area contributed by atoms with Crippen molar-refractivity contribution in [2.75, 3.05) is 0 Å². The number of hydrazine groups is 1. The van der Waals surface area contributed by atoms with Gasteiger partial charge in [0, 0.05) is 6.42 Å². The highest BCUT2D eigenvalue weighted by Crippen LogP contribution is 2.08. The summed E-state index contributed by atoms with van der Waals surface area (Å²) in [5, 5.41) is 0. The van der Waals surface area contributed by atoms with E-state index in [-0.39, 0.29) is 10.8 Å². The zero-order chi connectivity index (χ0) is 15.8. The summed E-state index contributed by atoms with van der Waals surface area (Å²) in [5.74, 6) is 5.35. The predicted molar refractivity (Wildman–Crippen MR) is 77.4 cm³/mol. The van der Waals surface area contributed by atoms with Gasteiger partial charge in [-0.15, -0.1) is 0 Å². The fraction of sp³-hybridized carbons (Fsp3) is 0.462. The quantitative estimate of drug-likeness (QED) is 0.339. The van der Waals surface area contributed by atoms with E-state index in [2.05, 4.69) is 19.3 Å². The summed E-state index contributed by atoms with van der Waals surface area (Å²) in [4.78, 5) is 10.4. The molecule has 1 amide bonds. The van der Waals surface area contributed by atoms with Crippen LogP contribution in [0, 0.1) is 12.8 Å². The molecular weight excluding hydrogens is 280 g/mol. The van der Waals surface area contributed by atoms with Crippen LogP contribution in [0.25, 0.3) is 0 Å². The molecule has 20 heavy (non-hydrogen) atoms. The molecule has 4 N–H and O–H groups in total. The molecule has 0 unspecified atom stereocenters. The van der Waals surface area contributed by atoms with Crippen molar-refractivity contribution >= 4 is 16.0 Å². The standard InChI is InChI=1S/C7H8O3S.C6H14N2O/c1-6-2-4-7(5-3-6)11(8,9)10;1-5(2)3-4-6(9)8-7/h2-5H,1H3,(H,8,9,10);5H,3-4,7H2,1-2H3,(H,8,9). The number of carbonyl (C=O) groups is 1. The average Bonchev–Trinajstić information content (AvgIpc) is 2.36. The second-order valence-corrected chi connectivity index (χ2v) is 6.21. The molecule has 6 nitrogen and oxygen atoms in total. The van der Waals surface area contributed by atoms with Crippen LogP contribution in [0.3, 0.4) is 0 Å². The van der Waals surface area contributed by atoms with Gasteiger partial charge in [0.2, 0.25) is 5.91 Å². The molecule has 0 aliphatic carbocycles. The first-order chi connectivity index (χ1) is 9.16. The van der Waals surface area contributed by atoms with Gasteiger partial charge in [-0.25, -0.2) is 5.84 Å². The molecule has 0 spiro atoms. The molecule has 1 aromatic carbocycles. The normalized spacial score (nSPS) is 10.7. The first-order valence-electron chi connectivity index (χ1n) is 6.20. The smallest absolute Gasteiger partial charge is 0.294 e. The lowest BCUT2D eigenvalue weighted by atomic mass is 10.1. The van der Waals surface area contributed by atoms with Gasteiger partial charge >= 0.3 is 0 Å². The summed E-state index contributed by atoms with van der Waals surface area (Å²) >= 11 is 0. The Hall–Kier alpha value is -1.44. The van der Waals surface area contributed by atoms with Crippen molar-refractivity contribution in [1.29, 1.82) is 0 Å². The lowest BCUT2D eigenvalue weighted by Gasteiger charge is -2.01. The van der Waals surface area contributed by atoms with Gasteiger partial charge in [0.05, 0.1) is 4.90 Å². The summed E-state index contributed by atoms with van der Waals surface area (Å²) in [5.41, 5.74) is 3.04. The minimum absolute atomic E-state index is 0.0666. The topological polar surface area (TPSA) is 109 Å². The Balaban J connectivity index is 0.000000370. The first kappa shape index (κ1) is 18.6. The molecule has 0 aromatic heterocycles. The van der Waals surface area contributed by atoms with Crippen LogP contribution in [-0.4, -0.2) is 18.9 Å². The van der Waals surface area contributed by atoms with Crippen molar-refractivity contribution in [2.45, 2.75) is 38.5 Å². The van der Waals surface area contributed by atoms with Gasteiger partial charge in [-0.05, 0) is 31.4 Å². The number of amides is 1. The number of carbonyl (C=O) groups excluding carboxylic acids is 1. The van der Waals surface area contributed by atoms with E-state index in [0.29, 0.717) is 12.3 Å². The van der Waals surface area contributed by atoms with Crippen LogP contribution in [0.1, 0.15) is 32.3 Å². The molecule has 0 saturated heterocycles. The van der Waals surface area contributed by atoms with Gasteiger partial charge in [0.1, 0.15) is 0 Å². The Labute approximate surface area is 120 Å². The summed E-state index contributed by atoms with van der Waals surface area (Å²) in [7, 11) is -4.02. The minimum Gasteiger partial charge on any atom is -0.294 e. The van der Waals surface area contributed by atoms with E-state index >= 15 is 0 Å². The monoisotopic (exact) mass is 302 g/mol. The van der Waals surface area contributed by atoms with Gasteiger partial charge in [-0.1, -0.05) is 31.5 Å². The number of aryl methyl sites for hydroxylation is 1. The van der Waals surface area contributed by atoms with E-state index in [1.54, 1.807) is 12.1 Å². The van der Waals surface area contributed by atoms with Crippen LogP contribution in [0.4, 0.5) is 0 Å². The van der Waals surface area contributed by atoms with Gasteiger partial charge in [-0.3, -0.25) is 14.8 Å². The Bertz CT molecular complexity index is 510. The molecule has 114 valence electrons. The molecule has 0 radical (unpaired) electrons. The van der Waals surface area contributed by atoms with Crippen molar-refractivity contribution in [1.82, 2.24) is 5.43 Å².